The molecule has 3 rings (SSSR count). The Morgan fingerprint density at radius 1 is 1.14 bits per heavy atom. The molecule has 0 aromatic carbocycles. The second kappa shape index (κ2) is 5.08. The molecule has 1 atom stereocenters. The van der Waals surface area contributed by atoms with E-state index in [-0.39, 0.29) is 13.0 Å². The Morgan fingerprint density at radius 3 is 2.24 bits per heavy atom. The summed E-state index contributed by atoms with van der Waals surface area (Å²) in [5.74, 6) is -7.82. The standard InChI is InChI=1S/C12H12F4N2O3/c13-7-9(8(14)11(16)17-10(7)15)18-5-12(3-6(18)4-19)20-1-2-21-12/h6,19H,1-5H2/t6-/m1/s1. The van der Waals surface area contributed by atoms with E-state index in [4.69, 9.17) is 9.47 Å². The van der Waals surface area contributed by atoms with E-state index >= 15 is 0 Å². The predicted molar refractivity (Wildman–Crippen MR) is 61.5 cm³/mol. The Labute approximate surface area is 117 Å². The molecule has 1 N–H and O–H groups in total. The summed E-state index contributed by atoms with van der Waals surface area (Å²) in [6.45, 7) is -0.0140. The lowest BCUT2D eigenvalue weighted by atomic mass is 10.1. The van der Waals surface area contributed by atoms with Gasteiger partial charge in [-0.2, -0.15) is 22.5 Å². The van der Waals surface area contributed by atoms with Gasteiger partial charge >= 0.3 is 0 Å². The first kappa shape index (κ1) is 14.5. The minimum atomic E-state index is -1.74. The van der Waals surface area contributed by atoms with Gasteiger partial charge in [-0.3, -0.25) is 0 Å². The van der Waals surface area contributed by atoms with Crippen LogP contribution in [0.2, 0.25) is 0 Å². The summed E-state index contributed by atoms with van der Waals surface area (Å²) in [7, 11) is 0. The maximum atomic E-state index is 13.8. The van der Waals surface area contributed by atoms with Gasteiger partial charge in [0.2, 0.25) is 11.6 Å². The average Bonchev–Trinajstić information content (AvgIpc) is 3.05. The van der Waals surface area contributed by atoms with Crippen molar-refractivity contribution < 1.29 is 32.1 Å². The van der Waals surface area contributed by atoms with Gasteiger partial charge in [-0.15, -0.1) is 0 Å². The van der Waals surface area contributed by atoms with Crippen molar-refractivity contribution in [1.29, 1.82) is 0 Å². The normalized spacial score (nSPS) is 24.2. The number of aliphatic hydroxyl groups is 1. The third-order valence-electron chi connectivity index (χ3n) is 3.68. The molecular formula is C12H12F4N2O3. The Kier molecular flexibility index (Phi) is 3.50. The molecule has 3 heterocycles. The molecule has 9 heteroatoms. The lowest BCUT2D eigenvalue weighted by Crippen LogP contribution is -2.37. The summed E-state index contributed by atoms with van der Waals surface area (Å²) in [5, 5.41) is 9.36. The number of pyridine rings is 1. The number of aromatic nitrogens is 1. The van der Waals surface area contributed by atoms with Crippen molar-refractivity contribution in [2.75, 3.05) is 31.3 Å². The van der Waals surface area contributed by atoms with Gasteiger partial charge < -0.3 is 19.5 Å². The fourth-order valence-electron chi connectivity index (χ4n) is 2.78. The number of halogens is 4. The van der Waals surface area contributed by atoms with E-state index in [1.165, 1.54) is 0 Å². The van der Waals surface area contributed by atoms with E-state index in [1.807, 2.05) is 0 Å². The third kappa shape index (κ3) is 2.25. The fourth-order valence-corrected chi connectivity index (χ4v) is 2.78. The minimum Gasteiger partial charge on any atom is -0.394 e. The molecule has 0 bridgehead atoms. The van der Waals surface area contributed by atoms with Gasteiger partial charge in [0.15, 0.2) is 5.79 Å². The van der Waals surface area contributed by atoms with Crippen molar-refractivity contribution in [2.24, 2.45) is 0 Å². The van der Waals surface area contributed by atoms with Crippen molar-refractivity contribution in [3.05, 3.63) is 23.5 Å². The van der Waals surface area contributed by atoms with Crippen molar-refractivity contribution in [3.8, 4) is 0 Å². The number of hydrogen-bond donors (Lipinski definition) is 1. The van der Waals surface area contributed by atoms with E-state index in [0.717, 1.165) is 4.90 Å². The van der Waals surface area contributed by atoms with E-state index < -0.39 is 47.7 Å². The second-order valence-corrected chi connectivity index (χ2v) is 4.95. The van der Waals surface area contributed by atoms with Crippen LogP contribution in [0.1, 0.15) is 6.42 Å². The van der Waals surface area contributed by atoms with Crippen LogP contribution in [0.15, 0.2) is 0 Å². The van der Waals surface area contributed by atoms with Crippen LogP contribution in [0.4, 0.5) is 23.2 Å². The molecule has 0 saturated carbocycles. The smallest absolute Gasteiger partial charge is 0.253 e. The minimum absolute atomic E-state index is 0.133. The Balaban J connectivity index is 2.03. The Hall–Kier alpha value is -1.45. The highest BCUT2D eigenvalue weighted by Gasteiger charge is 2.50. The topological polar surface area (TPSA) is 54.8 Å². The number of nitrogens with zero attached hydrogens (tertiary/aromatic N) is 2. The van der Waals surface area contributed by atoms with Crippen LogP contribution in [-0.2, 0) is 9.47 Å². The summed E-state index contributed by atoms with van der Waals surface area (Å²) in [5.41, 5.74) is -0.907. The summed E-state index contributed by atoms with van der Waals surface area (Å²) in [6.07, 6.45) is 0.133. The molecule has 1 aromatic heterocycles. The molecule has 5 nitrogen and oxygen atoms in total. The van der Waals surface area contributed by atoms with Crippen LogP contribution in [0.5, 0.6) is 0 Å². The summed E-state index contributed by atoms with van der Waals surface area (Å²) in [4.78, 5) is 3.53. The summed E-state index contributed by atoms with van der Waals surface area (Å²) >= 11 is 0. The Morgan fingerprint density at radius 2 is 1.71 bits per heavy atom. The first-order valence-electron chi connectivity index (χ1n) is 6.33. The SMILES string of the molecule is OC[C@H]1CC2(CN1c1c(F)c(F)nc(F)c1F)OCCO2. The monoisotopic (exact) mass is 308 g/mol. The number of rotatable bonds is 2. The molecule has 0 radical (unpaired) electrons. The van der Waals surface area contributed by atoms with Gasteiger partial charge in [-0.1, -0.05) is 0 Å². The lowest BCUT2D eigenvalue weighted by molar-refractivity contribution is -0.140. The Bertz CT molecular complexity index is 540. The number of ether oxygens (including phenoxy) is 2. The zero-order valence-corrected chi connectivity index (χ0v) is 10.8. The highest BCUT2D eigenvalue weighted by atomic mass is 19.2. The van der Waals surface area contributed by atoms with Crippen molar-refractivity contribution in [3.63, 3.8) is 0 Å². The van der Waals surface area contributed by atoms with Crippen molar-refractivity contribution in [2.45, 2.75) is 18.2 Å². The quantitative estimate of drug-likeness (QED) is 0.651. The summed E-state index contributed by atoms with van der Waals surface area (Å²) < 4.78 is 64.9. The number of hydrogen-bond acceptors (Lipinski definition) is 5. The zero-order valence-electron chi connectivity index (χ0n) is 10.8. The van der Waals surface area contributed by atoms with Gasteiger partial charge in [-0.05, 0) is 0 Å². The number of anilines is 1. The van der Waals surface area contributed by atoms with Crippen LogP contribution in [0, 0.1) is 23.5 Å². The summed E-state index contributed by atoms with van der Waals surface area (Å²) in [6, 6.07) is -0.784. The molecule has 116 valence electrons. The average molecular weight is 308 g/mol. The van der Waals surface area contributed by atoms with Gasteiger partial charge in [-0.25, -0.2) is 0 Å². The zero-order chi connectivity index (χ0) is 15.2. The van der Waals surface area contributed by atoms with E-state index in [0.29, 0.717) is 13.2 Å². The largest absolute Gasteiger partial charge is 0.394 e. The van der Waals surface area contributed by atoms with Gasteiger partial charge in [0.05, 0.1) is 32.4 Å². The molecule has 2 fully saturated rings. The molecule has 2 aliphatic rings. The van der Waals surface area contributed by atoms with E-state index in [1.54, 1.807) is 0 Å². The maximum Gasteiger partial charge on any atom is 0.253 e. The van der Waals surface area contributed by atoms with Gasteiger partial charge in [0.1, 0.15) is 5.69 Å². The van der Waals surface area contributed by atoms with Crippen molar-refractivity contribution in [1.82, 2.24) is 4.98 Å². The molecule has 1 spiro atoms. The van der Waals surface area contributed by atoms with Crippen LogP contribution >= 0.6 is 0 Å². The number of aliphatic hydroxyl groups excluding tert-OH is 1. The highest BCUT2D eigenvalue weighted by molar-refractivity contribution is 5.51. The first-order chi connectivity index (χ1) is 9.97. The molecular weight excluding hydrogens is 296 g/mol. The third-order valence-corrected chi connectivity index (χ3v) is 3.68. The van der Waals surface area contributed by atoms with Crippen LogP contribution in [0.3, 0.4) is 0 Å². The molecule has 0 amide bonds. The van der Waals surface area contributed by atoms with Crippen LogP contribution in [0.25, 0.3) is 0 Å². The molecule has 0 unspecified atom stereocenters. The molecule has 2 aliphatic heterocycles. The van der Waals surface area contributed by atoms with Gasteiger partial charge in [0, 0.05) is 6.42 Å². The van der Waals surface area contributed by atoms with E-state index in [9.17, 15) is 22.7 Å². The predicted octanol–water partition coefficient (Wildman–Crippen LogP) is 0.952. The molecule has 0 aliphatic carbocycles. The second-order valence-electron chi connectivity index (χ2n) is 4.95. The first-order valence-corrected chi connectivity index (χ1v) is 6.33. The lowest BCUT2D eigenvalue weighted by Gasteiger charge is -2.26. The highest BCUT2D eigenvalue weighted by Crippen LogP contribution is 2.39. The molecule has 2 saturated heterocycles. The van der Waals surface area contributed by atoms with Gasteiger partial charge in [0.25, 0.3) is 11.9 Å². The van der Waals surface area contributed by atoms with E-state index in [2.05, 4.69) is 4.98 Å². The van der Waals surface area contributed by atoms with Crippen LogP contribution < -0.4 is 4.90 Å². The van der Waals surface area contributed by atoms with Crippen LogP contribution in [-0.4, -0.2) is 48.3 Å². The molecule has 1 aromatic rings. The van der Waals surface area contributed by atoms with Crippen molar-refractivity contribution >= 4 is 5.69 Å². The fraction of sp³-hybridized carbons (Fsp3) is 0.583. The maximum absolute atomic E-state index is 13.8. The molecule has 21 heavy (non-hydrogen) atoms.